The topological polar surface area (TPSA) is 70.7 Å². The number of amidine groups is 2. The van der Waals surface area contributed by atoms with Gasteiger partial charge in [0.15, 0.2) is 23.3 Å². The predicted octanol–water partition coefficient (Wildman–Crippen LogP) is 7.85. The van der Waals surface area contributed by atoms with Crippen molar-refractivity contribution >= 4 is 34.6 Å². The van der Waals surface area contributed by atoms with E-state index >= 15 is 0 Å². The highest BCUT2D eigenvalue weighted by atomic mass is 19.1. The number of hydrogen-bond acceptors (Lipinski definition) is 6. The van der Waals surface area contributed by atoms with Crippen molar-refractivity contribution in [2.75, 3.05) is 10.2 Å². The van der Waals surface area contributed by atoms with E-state index in [9.17, 15) is 4.39 Å². The van der Waals surface area contributed by atoms with Crippen LogP contribution in [0.5, 0.6) is 0 Å². The molecule has 1 N–H and O–H groups in total. The molecule has 0 radical (unpaired) electrons. The van der Waals surface area contributed by atoms with Crippen LogP contribution in [-0.4, -0.2) is 26.4 Å². The van der Waals surface area contributed by atoms with Crippen LogP contribution < -0.4 is 10.2 Å². The maximum Gasteiger partial charge on any atom is 0.179 e. The third-order valence-corrected chi connectivity index (χ3v) is 7.73. The molecule has 7 nitrogen and oxygen atoms in total. The monoisotopic (exact) mass is 555 g/mol. The average molecular weight is 556 g/mol. The molecule has 0 saturated carbocycles. The Labute approximate surface area is 244 Å². The van der Waals surface area contributed by atoms with Gasteiger partial charge < -0.3 is 10.2 Å². The number of pyridine rings is 1. The zero-order chi connectivity index (χ0) is 28.6. The van der Waals surface area contributed by atoms with Crippen LogP contribution in [0.2, 0.25) is 0 Å². The van der Waals surface area contributed by atoms with Crippen molar-refractivity contribution in [2.45, 2.75) is 39.2 Å². The van der Waals surface area contributed by atoms with Crippen LogP contribution in [0.15, 0.2) is 107 Å². The average Bonchev–Trinajstić information content (AvgIpc) is 3.36. The number of rotatable bonds is 6. The van der Waals surface area contributed by atoms with Gasteiger partial charge in [-0.15, -0.1) is 0 Å². The molecule has 0 spiro atoms. The molecule has 0 saturated heterocycles. The molecule has 0 unspecified atom stereocenters. The zero-order valence-corrected chi connectivity index (χ0v) is 23.5. The molecule has 7 rings (SSSR count). The Bertz CT molecular complexity index is 1810. The Morgan fingerprint density at radius 3 is 2.43 bits per heavy atom. The number of hydrogen-bond donors (Lipinski definition) is 1. The number of anilines is 2. The van der Waals surface area contributed by atoms with E-state index in [1.54, 1.807) is 10.9 Å². The number of aryl methyl sites for hydroxylation is 2. The van der Waals surface area contributed by atoms with Gasteiger partial charge in [-0.1, -0.05) is 55.8 Å². The first-order chi connectivity index (χ1) is 20.6. The second-order valence-electron chi connectivity index (χ2n) is 10.6. The molecule has 0 bridgehead atoms. The highest BCUT2D eigenvalue weighted by Gasteiger charge is 2.41. The van der Waals surface area contributed by atoms with E-state index in [1.165, 1.54) is 24.1 Å². The molecule has 8 heteroatoms. The van der Waals surface area contributed by atoms with Crippen molar-refractivity contribution in [3.05, 3.63) is 125 Å². The molecule has 208 valence electrons. The normalized spacial score (nSPS) is 15.3. The first-order valence-electron chi connectivity index (χ1n) is 14.3. The summed E-state index contributed by atoms with van der Waals surface area (Å²) in [6, 6.07) is 28.6. The molecule has 5 aromatic rings. The van der Waals surface area contributed by atoms with E-state index < -0.39 is 0 Å². The Morgan fingerprint density at radius 1 is 0.881 bits per heavy atom. The van der Waals surface area contributed by atoms with Gasteiger partial charge in [-0.05, 0) is 79.4 Å². The fourth-order valence-electron chi connectivity index (χ4n) is 5.67. The number of fused-ring (bicyclic) bond motifs is 4. The lowest BCUT2D eigenvalue weighted by molar-refractivity contribution is 0.626. The second kappa shape index (κ2) is 10.7. The molecule has 2 aromatic heterocycles. The van der Waals surface area contributed by atoms with Crippen LogP contribution >= 0.6 is 0 Å². The van der Waals surface area contributed by atoms with Crippen molar-refractivity contribution < 1.29 is 4.39 Å². The third-order valence-electron chi connectivity index (χ3n) is 7.73. The first-order valence-corrected chi connectivity index (χ1v) is 14.3. The number of para-hydroxylation sites is 2. The van der Waals surface area contributed by atoms with Gasteiger partial charge in [-0.25, -0.2) is 19.4 Å². The van der Waals surface area contributed by atoms with Gasteiger partial charge in [0.25, 0.3) is 0 Å². The smallest absolute Gasteiger partial charge is 0.179 e. The molecular weight excluding hydrogens is 525 g/mol. The summed E-state index contributed by atoms with van der Waals surface area (Å²) in [7, 11) is 0. The second-order valence-corrected chi connectivity index (χ2v) is 10.6. The molecule has 42 heavy (non-hydrogen) atoms. The van der Waals surface area contributed by atoms with E-state index in [4.69, 9.17) is 15.1 Å². The highest BCUT2D eigenvalue weighted by Crippen LogP contribution is 2.48. The van der Waals surface area contributed by atoms with Gasteiger partial charge >= 0.3 is 0 Å². The summed E-state index contributed by atoms with van der Waals surface area (Å²) < 4.78 is 15.9. The summed E-state index contributed by atoms with van der Waals surface area (Å²) in [4.78, 5) is 17.0. The van der Waals surface area contributed by atoms with Crippen LogP contribution in [0.1, 0.15) is 48.2 Å². The first kappa shape index (κ1) is 25.8. The number of benzene rings is 3. The standard InChI is InChI=1S/C34H30FN7/c1-3-4-9-23-13-19-26(20-14-23)37-32-34-39-33-30(22(2)40-42(33)29-12-7-8-21-36-29)31(24-15-17-25(35)18-16-24)41(34)28-11-6-5-10-27(28)38-32/h5-8,10-21,31H,3-4,9H2,1-2H3,(H,37,38)/t31-/m1/s1. The summed E-state index contributed by atoms with van der Waals surface area (Å²) in [6.07, 6.45) is 5.13. The number of aromatic nitrogens is 3. The summed E-state index contributed by atoms with van der Waals surface area (Å²) in [5.41, 5.74) is 6.66. The summed E-state index contributed by atoms with van der Waals surface area (Å²) in [5.74, 6) is 2.34. The summed E-state index contributed by atoms with van der Waals surface area (Å²) in [6.45, 7) is 4.19. The van der Waals surface area contributed by atoms with Crippen LogP contribution in [0, 0.1) is 12.7 Å². The van der Waals surface area contributed by atoms with Crippen molar-refractivity contribution in [1.29, 1.82) is 0 Å². The van der Waals surface area contributed by atoms with Gasteiger partial charge in [0.2, 0.25) is 0 Å². The van der Waals surface area contributed by atoms with Crippen molar-refractivity contribution in [3.8, 4) is 5.82 Å². The minimum atomic E-state index is -0.324. The molecule has 0 fully saturated rings. The van der Waals surface area contributed by atoms with Gasteiger partial charge in [-0.3, -0.25) is 0 Å². The van der Waals surface area contributed by atoms with Gasteiger partial charge in [0.1, 0.15) is 5.82 Å². The lowest BCUT2D eigenvalue weighted by Gasteiger charge is -2.40. The van der Waals surface area contributed by atoms with E-state index in [0.29, 0.717) is 23.3 Å². The molecular formula is C34H30FN7. The Morgan fingerprint density at radius 2 is 1.67 bits per heavy atom. The van der Waals surface area contributed by atoms with E-state index in [2.05, 4.69) is 46.4 Å². The lowest BCUT2D eigenvalue weighted by Crippen LogP contribution is -2.46. The number of unbranched alkanes of at least 4 members (excludes halogenated alkanes) is 1. The number of nitrogens with zero attached hydrogens (tertiary/aromatic N) is 6. The fourth-order valence-corrected chi connectivity index (χ4v) is 5.67. The van der Waals surface area contributed by atoms with Crippen molar-refractivity contribution in [3.63, 3.8) is 0 Å². The summed E-state index contributed by atoms with van der Waals surface area (Å²) >= 11 is 0. The Kier molecular flexibility index (Phi) is 6.58. The lowest BCUT2D eigenvalue weighted by atomic mass is 9.93. The van der Waals surface area contributed by atoms with Gasteiger partial charge in [0.05, 0.1) is 23.1 Å². The molecule has 4 heterocycles. The molecule has 1 atom stereocenters. The summed E-state index contributed by atoms with van der Waals surface area (Å²) in [5, 5.41) is 8.45. The van der Waals surface area contributed by atoms with Crippen LogP contribution in [-0.2, 0) is 6.42 Å². The van der Waals surface area contributed by atoms with E-state index in [1.807, 2.05) is 61.5 Å². The predicted molar refractivity (Wildman–Crippen MR) is 166 cm³/mol. The molecule has 3 aromatic carbocycles. The number of aliphatic imine (C=N–C) groups is 2. The Hall–Kier alpha value is -5.11. The quantitative estimate of drug-likeness (QED) is 0.232. The molecule has 2 aliphatic heterocycles. The molecule has 0 amide bonds. The molecule has 0 aliphatic carbocycles. The molecule has 2 aliphatic rings. The third kappa shape index (κ3) is 4.55. The SMILES string of the molecule is CCCCc1ccc(NC2=Nc3ccccc3N3C2=Nc2c(c(C)nn2-c2ccccn2)[C@H]3c2ccc(F)cc2)cc1. The van der Waals surface area contributed by atoms with Gasteiger partial charge in [0, 0.05) is 17.4 Å². The van der Waals surface area contributed by atoms with Crippen molar-refractivity contribution in [2.24, 2.45) is 9.98 Å². The minimum absolute atomic E-state index is 0.282. The van der Waals surface area contributed by atoms with E-state index in [-0.39, 0.29) is 11.9 Å². The number of halogens is 1. The maximum atomic E-state index is 14.1. The van der Waals surface area contributed by atoms with Crippen LogP contribution in [0.25, 0.3) is 5.82 Å². The largest absolute Gasteiger partial charge is 0.337 e. The van der Waals surface area contributed by atoms with Crippen LogP contribution in [0.3, 0.4) is 0 Å². The van der Waals surface area contributed by atoms with Crippen molar-refractivity contribution in [1.82, 2.24) is 14.8 Å². The van der Waals surface area contributed by atoms with Crippen LogP contribution in [0.4, 0.5) is 27.3 Å². The Balaban J connectivity index is 1.41. The van der Waals surface area contributed by atoms with E-state index in [0.717, 1.165) is 46.7 Å². The zero-order valence-electron chi connectivity index (χ0n) is 23.5. The maximum absolute atomic E-state index is 14.1. The number of nitrogens with one attached hydrogen (secondary N) is 1. The fraction of sp³-hybridized carbons (Fsp3) is 0.176. The minimum Gasteiger partial charge on any atom is -0.337 e. The van der Waals surface area contributed by atoms with Gasteiger partial charge in [-0.2, -0.15) is 9.78 Å². The highest BCUT2D eigenvalue weighted by molar-refractivity contribution is 6.51.